The molecule has 2 rings (SSSR count). The maximum Gasteiger partial charge on any atom is 0.410 e. The van der Waals surface area contributed by atoms with Crippen molar-refractivity contribution in [3.05, 3.63) is 64.4 Å². The molecular weight excluding hydrogens is 296 g/mol. The molecule has 1 aromatic heterocycles. The van der Waals surface area contributed by atoms with Gasteiger partial charge in [-0.05, 0) is 23.6 Å². The number of rotatable bonds is 6. The van der Waals surface area contributed by atoms with Crippen LogP contribution in [0.1, 0.15) is 24.5 Å². The Bertz CT molecular complexity index is 635. The molecule has 5 heteroatoms. The number of nitrogens with one attached hydrogen (secondary N) is 1. The summed E-state index contributed by atoms with van der Waals surface area (Å²) in [4.78, 5) is 16.9. The van der Waals surface area contributed by atoms with Gasteiger partial charge in [0.25, 0.3) is 0 Å². The highest BCUT2D eigenvalue weighted by atomic mass is 32.1. The quantitative estimate of drug-likeness (QED) is 0.809. The van der Waals surface area contributed by atoms with E-state index in [1.807, 2.05) is 55.6 Å². The van der Waals surface area contributed by atoms with Gasteiger partial charge in [-0.25, -0.2) is 4.79 Å². The highest BCUT2D eigenvalue weighted by molar-refractivity contribution is 7.71. The van der Waals surface area contributed by atoms with Crippen molar-refractivity contribution in [2.45, 2.75) is 26.5 Å². The van der Waals surface area contributed by atoms with Gasteiger partial charge in [-0.15, -0.1) is 0 Å². The number of carbonyl (C=O) groups excluding carboxylic acids is 1. The standard InChI is InChI=1S/C17H20N2O2S/c1-2-10-19(12-15-8-9-16(22)18-11-15)17(20)21-13-14-6-4-3-5-7-14/h3-9,11H,2,10,12-13H2,1H3,(H,18,22). The first kappa shape index (κ1) is 16.2. The topological polar surface area (TPSA) is 45.3 Å². The normalized spacial score (nSPS) is 10.2. The average Bonchev–Trinajstić information content (AvgIpc) is 2.55. The summed E-state index contributed by atoms with van der Waals surface area (Å²) in [6.07, 6.45) is 2.41. The van der Waals surface area contributed by atoms with Crippen molar-refractivity contribution in [3.8, 4) is 0 Å². The van der Waals surface area contributed by atoms with Crippen LogP contribution >= 0.6 is 12.2 Å². The van der Waals surface area contributed by atoms with Crippen LogP contribution in [0.3, 0.4) is 0 Å². The Balaban J connectivity index is 1.95. The summed E-state index contributed by atoms with van der Waals surface area (Å²) < 4.78 is 6.07. The molecule has 22 heavy (non-hydrogen) atoms. The van der Waals surface area contributed by atoms with Crippen molar-refractivity contribution in [1.82, 2.24) is 9.88 Å². The van der Waals surface area contributed by atoms with Crippen LogP contribution < -0.4 is 0 Å². The van der Waals surface area contributed by atoms with E-state index in [0.717, 1.165) is 17.5 Å². The zero-order valence-corrected chi connectivity index (χ0v) is 13.4. The van der Waals surface area contributed by atoms with Crippen molar-refractivity contribution in [2.24, 2.45) is 0 Å². The molecule has 0 radical (unpaired) electrons. The highest BCUT2D eigenvalue weighted by Crippen LogP contribution is 2.08. The number of nitrogens with zero attached hydrogens (tertiary/aromatic N) is 1. The highest BCUT2D eigenvalue weighted by Gasteiger charge is 2.14. The fraction of sp³-hybridized carbons (Fsp3) is 0.294. The van der Waals surface area contributed by atoms with Crippen molar-refractivity contribution in [2.75, 3.05) is 6.54 Å². The number of amides is 1. The number of hydrogen-bond acceptors (Lipinski definition) is 3. The molecule has 0 spiro atoms. The Labute approximate surface area is 135 Å². The van der Waals surface area contributed by atoms with Gasteiger partial charge in [0.1, 0.15) is 11.2 Å². The fourth-order valence-corrected chi connectivity index (χ4v) is 2.20. The van der Waals surface area contributed by atoms with Gasteiger partial charge < -0.3 is 14.6 Å². The predicted molar refractivity (Wildman–Crippen MR) is 89.0 cm³/mol. The number of benzene rings is 1. The second kappa shape index (κ2) is 8.34. The summed E-state index contributed by atoms with van der Waals surface area (Å²) in [6.45, 7) is 3.49. The molecule has 4 nitrogen and oxygen atoms in total. The predicted octanol–water partition coefficient (Wildman–Crippen LogP) is 4.29. The number of hydrogen-bond donors (Lipinski definition) is 1. The van der Waals surface area contributed by atoms with Gasteiger partial charge in [-0.1, -0.05) is 55.5 Å². The molecule has 0 saturated heterocycles. The first-order valence-electron chi connectivity index (χ1n) is 7.32. The lowest BCUT2D eigenvalue weighted by atomic mass is 10.2. The zero-order valence-electron chi connectivity index (χ0n) is 12.6. The van der Waals surface area contributed by atoms with E-state index < -0.39 is 0 Å². The minimum absolute atomic E-state index is 0.289. The van der Waals surface area contributed by atoms with Gasteiger partial charge >= 0.3 is 6.09 Å². The third-order valence-electron chi connectivity index (χ3n) is 3.18. The molecule has 1 heterocycles. The summed E-state index contributed by atoms with van der Waals surface area (Å²) in [7, 11) is 0. The Morgan fingerprint density at radius 1 is 1.18 bits per heavy atom. The summed E-state index contributed by atoms with van der Waals surface area (Å²) in [5.74, 6) is 0. The van der Waals surface area contributed by atoms with Gasteiger partial charge in [0.05, 0.1) is 6.54 Å². The van der Waals surface area contributed by atoms with E-state index in [4.69, 9.17) is 17.0 Å². The number of aromatic nitrogens is 1. The summed E-state index contributed by atoms with van der Waals surface area (Å²) >= 11 is 5.02. The minimum atomic E-state index is -0.298. The molecule has 0 unspecified atom stereocenters. The number of pyridine rings is 1. The molecule has 1 aromatic carbocycles. The van der Waals surface area contributed by atoms with Gasteiger partial charge in [0.15, 0.2) is 0 Å². The third-order valence-corrected chi connectivity index (χ3v) is 3.43. The molecule has 0 aliphatic heterocycles. The first-order valence-corrected chi connectivity index (χ1v) is 7.73. The summed E-state index contributed by atoms with van der Waals surface area (Å²) in [5.41, 5.74) is 1.98. The van der Waals surface area contributed by atoms with Crippen LogP contribution in [0, 0.1) is 4.64 Å². The van der Waals surface area contributed by atoms with E-state index in [9.17, 15) is 4.79 Å². The maximum absolute atomic E-state index is 12.3. The van der Waals surface area contributed by atoms with Crippen LogP contribution in [0.15, 0.2) is 48.7 Å². The molecule has 0 aliphatic carbocycles. The molecule has 0 bridgehead atoms. The van der Waals surface area contributed by atoms with E-state index in [1.165, 1.54) is 0 Å². The van der Waals surface area contributed by atoms with Crippen molar-refractivity contribution in [1.29, 1.82) is 0 Å². The Kier molecular flexibility index (Phi) is 6.15. The maximum atomic E-state index is 12.3. The van der Waals surface area contributed by atoms with Gasteiger partial charge in [0.2, 0.25) is 0 Å². The number of H-pyrrole nitrogens is 1. The first-order chi connectivity index (χ1) is 10.7. The lowest BCUT2D eigenvalue weighted by molar-refractivity contribution is 0.0936. The molecule has 2 aromatic rings. The Morgan fingerprint density at radius 3 is 2.59 bits per heavy atom. The smallest absolute Gasteiger partial charge is 0.410 e. The SMILES string of the molecule is CCCN(Cc1ccc(=S)[nH]c1)C(=O)OCc1ccccc1. The molecular formula is C17H20N2O2S. The van der Waals surface area contributed by atoms with E-state index in [1.54, 1.807) is 4.90 Å². The number of aromatic amines is 1. The van der Waals surface area contributed by atoms with Crippen LogP contribution in [-0.4, -0.2) is 22.5 Å². The molecule has 0 fully saturated rings. The van der Waals surface area contributed by atoms with Gasteiger partial charge in [-0.2, -0.15) is 0 Å². The summed E-state index contributed by atoms with van der Waals surface area (Å²) in [6, 6.07) is 13.4. The van der Waals surface area contributed by atoms with E-state index in [2.05, 4.69) is 4.98 Å². The lowest BCUT2D eigenvalue weighted by Gasteiger charge is -2.21. The molecule has 116 valence electrons. The third kappa shape index (κ3) is 5.00. The monoisotopic (exact) mass is 316 g/mol. The number of carbonyl (C=O) groups is 1. The van der Waals surface area contributed by atoms with Crippen LogP contribution in [0.25, 0.3) is 0 Å². The van der Waals surface area contributed by atoms with E-state index in [0.29, 0.717) is 17.7 Å². The zero-order chi connectivity index (χ0) is 15.8. The molecule has 0 aliphatic rings. The second-order valence-electron chi connectivity index (χ2n) is 5.02. The molecule has 0 atom stereocenters. The van der Waals surface area contributed by atoms with Gasteiger partial charge in [0, 0.05) is 12.7 Å². The lowest BCUT2D eigenvalue weighted by Crippen LogP contribution is -2.31. The van der Waals surface area contributed by atoms with Crippen molar-refractivity contribution in [3.63, 3.8) is 0 Å². The van der Waals surface area contributed by atoms with E-state index in [-0.39, 0.29) is 12.7 Å². The fourth-order valence-electron chi connectivity index (χ4n) is 2.08. The Morgan fingerprint density at radius 2 is 1.95 bits per heavy atom. The van der Waals surface area contributed by atoms with E-state index >= 15 is 0 Å². The minimum Gasteiger partial charge on any atom is -0.445 e. The van der Waals surface area contributed by atoms with Crippen molar-refractivity contribution >= 4 is 18.3 Å². The van der Waals surface area contributed by atoms with Crippen molar-refractivity contribution < 1.29 is 9.53 Å². The van der Waals surface area contributed by atoms with Crippen LogP contribution in [0.2, 0.25) is 0 Å². The Hall–Kier alpha value is -2.14. The molecule has 0 saturated carbocycles. The summed E-state index contributed by atoms with van der Waals surface area (Å²) in [5, 5.41) is 0. The van der Waals surface area contributed by atoms with Crippen LogP contribution in [-0.2, 0) is 17.9 Å². The average molecular weight is 316 g/mol. The van der Waals surface area contributed by atoms with Gasteiger partial charge in [-0.3, -0.25) is 0 Å². The van der Waals surface area contributed by atoms with Crippen LogP contribution in [0.5, 0.6) is 0 Å². The number of ether oxygens (including phenoxy) is 1. The molecule has 1 amide bonds. The molecule has 1 N–H and O–H groups in total. The van der Waals surface area contributed by atoms with Crippen LogP contribution in [0.4, 0.5) is 4.79 Å². The largest absolute Gasteiger partial charge is 0.445 e. The second-order valence-corrected chi connectivity index (χ2v) is 5.46.